The van der Waals surface area contributed by atoms with Crippen molar-refractivity contribution in [1.29, 1.82) is 0 Å². The van der Waals surface area contributed by atoms with E-state index in [4.69, 9.17) is 11.6 Å². The molecule has 1 aromatic heterocycles. The first kappa shape index (κ1) is 17.8. The SMILES string of the molecule is CN(Cc1ccc(Cl)nc1)C(=O)c1cccc(S(=O)(=O)NC2CC2)c1. The molecule has 1 saturated carbocycles. The fraction of sp³-hybridized carbons (Fsp3) is 0.294. The van der Waals surface area contributed by atoms with Gasteiger partial charge in [0.15, 0.2) is 0 Å². The van der Waals surface area contributed by atoms with Gasteiger partial charge in [-0.3, -0.25) is 4.79 Å². The van der Waals surface area contributed by atoms with Gasteiger partial charge in [0.1, 0.15) is 5.15 Å². The number of aromatic nitrogens is 1. The molecule has 3 rings (SSSR count). The highest BCUT2D eigenvalue weighted by Crippen LogP contribution is 2.22. The second-order valence-electron chi connectivity index (χ2n) is 6.07. The number of rotatable bonds is 6. The summed E-state index contributed by atoms with van der Waals surface area (Å²) in [5.41, 5.74) is 1.16. The number of pyridine rings is 1. The van der Waals surface area contributed by atoms with Crippen molar-refractivity contribution in [3.8, 4) is 0 Å². The Balaban J connectivity index is 1.75. The van der Waals surface area contributed by atoms with Crippen molar-refractivity contribution in [3.05, 3.63) is 58.9 Å². The standard InChI is InChI=1S/C17H18ClN3O3S/c1-21(11-12-5-8-16(18)19-10-12)17(22)13-3-2-4-15(9-13)25(23,24)20-14-6-7-14/h2-5,8-10,14,20H,6-7,11H2,1H3. The van der Waals surface area contributed by atoms with Crippen LogP contribution in [-0.2, 0) is 16.6 Å². The lowest BCUT2D eigenvalue weighted by Gasteiger charge is -2.17. The van der Waals surface area contributed by atoms with Crippen LogP contribution in [0.2, 0.25) is 5.15 Å². The van der Waals surface area contributed by atoms with Gasteiger partial charge >= 0.3 is 0 Å². The highest BCUT2D eigenvalue weighted by Gasteiger charge is 2.28. The Morgan fingerprint density at radius 1 is 1.32 bits per heavy atom. The molecular weight excluding hydrogens is 362 g/mol. The van der Waals surface area contributed by atoms with Crippen LogP contribution in [0.5, 0.6) is 0 Å². The molecule has 1 amide bonds. The molecule has 0 bridgehead atoms. The summed E-state index contributed by atoms with van der Waals surface area (Å²) in [6.45, 7) is 0.348. The summed E-state index contributed by atoms with van der Waals surface area (Å²) in [7, 11) is -1.93. The maximum atomic E-state index is 12.6. The fourth-order valence-corrected chi connectivity index (χ4v) is 3.81. The average Bonchev–Trinajstić information content (AvgIpc) is 3.39. The molecule has 1 aromatic carbocycles. The van der Waals surface area contributed by atoms with E-state index in [1.807, 2.05) is 0 Å². The van der Waals surface area contributed by atoms with Crippen molar-refractivity contribution in [2.75, 3.05) is 7.05 Å². The van der Waals surface area contributed by atoms with Crippen LogP contribution in [0.25, 0.3) is 0 Å². The largest absolute Gasteiger partial charge is 0.337 e. The first-order valence-electron chi connectivity index (χ1n) is 7.83. The highest BCUT2D eigenvalue weighted by molar-refractivity contribution is 7.89. The minimum Gasteiger partial charge on any atom is -0.337 e. The lowest BCUT2D eigenvalue weighted by molar-refractivity contribution is 0.0784. The quantitative estimate of drug-likeness (QED) is 0.782. The zero-order valence-corrected chi connectivity index (χ0v) is 15.2. The Kier molecular flexibility index (Phi) is 5.08. The van der Waals surface area contributed by atoms with Crippen LogP contribution in [0, 0.1) is 0 Å². The average molecular weight is 380 g/mol. The maximum Gasteiger partial charge on any atom is 0.253 e. The smallest absolute Gasteiger partial charge is 0.253 e. The van der Waals surface area contributed by atoms with Gasteiger partial charge in [-0.2, -0.15) is 0 Å². The van der Waals surface area contributed by atoms with Crippen molar-refractivity contribution in [2.24, 2.45) is 0 Å². The van der Waals surface area contributed by atoms with Crippen molar-refractivity contribution >= 4 is 27.5 Å². The van der Waals surface area contributed by atoms with Gasteiger partial charge in [-0.25, -0.2) is 18.1 Å². The Morgan fingerprint density at radius 3 is 2.72 bits per heavy atom. The monoisotopic (exact) mass is 379 g/mol. The lowest BCUT2D eigenvalue weighted by Crippen LogP contribution is -2.28. The first-order valence-corrected chi connectivity index (χ1v) is 9.69. The Bertz CT molecular complexity index is 880. The number of hydrogen-bond acceptors (Lipinski definition) is 4. The van der Waals surface area contributed by atoms with Crippen molar-refractivity contribution < 1.29 is 13.2 Å². The number of nitrogens with one attached hydrogen (secondary N) is 1. The van der Waals surface area contributed by atoms with E-state index >= 15 is 0 Å². The van der Waals surface area contributed by atoms with Gasteiger partial charge in [0, 0.05) is 31.4 Å². The molecule has 1 aliphatic carbocycles. The second-order valence-corrected chi connectivity index (χ2v) is 8.18. The van der Waals surface area contributed by atoms with Gasteiger partial charge in [0.2, 0.25) is 10.0 Å². The van der Waals surface area contributed by atoms with E-state index in [-0.39, 0.29) is 16.8 Å². The van der Waals surface area contributed by atoms with E-state index in [0.717, 1.165) is 18.4 Å². The molecule has 1 heterocycles. The molecule has 0 saturated heterocycles. The van der Waals surface area contributed by atoms with Crippen LogP contribution in [-0.4, -0.2) is 37.3 Å². The Morgan fingerprint density at radius 2 is 2.08 bits per heavy atom. The van der Waals surface area contributed by atoms with Crippen LogP contribution in [0.1, 0.15) is 28.8 Å². The molecule has 0 aliphatic heterocycles. The number of carbonyl (C=O) groups is 1. The molecule has 2 aromatic rings. The number of carbonyl (C=O) groups excluding carboxylic acids is 1. The summed E-state index contributed by atoms with van der Waals surface area (Å²) in [6.07, 6.45) is 3.32. The van der Waals surface area contributed by atoms with Crippen LogP contribution < -0.4 is 4.72 Å². The van der Waals surface area contributed by atoms with Gasteiger partial charge < -0.3 is 4.90 Å². The van der Waals surface area contributed by atoms with E-state index < -0.39 is 10.0 Å². The van der Waals surface area contributed by atoms with E-state index in [1.54, 1.807) is 37.5 Å². The predicted molar refractivity (Wildman–Crippen MR) is 94.8 cm³/mol. The van der Waals surface area contributed by atoms with Gasteiger partial charge in [0.25, 0.3) is 5.91 Å². The van der Waals surface area contributed by atoms with Crippen LogP contribution in [0.15, 0.2) is 47.5 Å². The molecule has 0 unspecified atom stereocenters. The van der Waals surface area contributed by atoms with E-state index in [1.165, 1.54) is 17.0 Å². The summed E-state index contributed by atoms with van der Waals surface area (Å²) in [5.74, 6) is -0.265. The minimum absolute atomic E-state index is 0.0180. The normalized spacial score (nSPS) is 14.3. The molecule has 1 aliphatic rings. The van der Waals surface area contributed by atoms with Crippen LogP contribution in [0.3, 0.4) is 0 Å². The lowest BCUT2D eigenvalue weighted by atomic mass is 10.2. The van der Waals surface area contributed by atoms with Crippen LogP contribution >= 0.6 is 11.6 Å². The Hall–Kier alpha value is -1.96. The summed E-state index contributed by atoms with van der Waals surface area (Å²) >= 11 is 5.75. The highest BCUT2D eigenvalue weighted by atomic mass is 35.5. The fourth-order valence-electron chi connectivity index (χ4n) is 2.35. The molecule has 0 radical (unpaired) electrons. The van der Waals surface area contributed by atoms with E-state index in [2.05, 4.69) is 9.71 Å². The molecule has 25 heavy (non-hydrogen) atoms. The predicted octanol–water partition coefficient (Wildman–Crippen LogP) is 2.45. The molecule has 8 heteroatoms. The first-order chi connectivity index (χ1) is 11.8. The summed E-state index contributed by atoms with van der Waals surface area (Å²) in [6, 6.07) is 9.55. The van der Waals surface area contributed by atoms with Gasteiger partial charge in [0.05, 0.1) is 4.90 Å². The zero-order valence-electron chi connectivity index (χ0n) is 13.6. The van der Waals surface area contributed by atoms with E-state index in [0.29, 0.717) is 17.3 Å². The van der Waals surface area contributed by atoms with Gasteiger partial charge in [-0.15, -0.1) is 0 Å². The molecule has 0 atom stereocenters. The summed E-state index contributed by atoms with van der Waals surface area (Å²) in [4.78, 5) is 18.2. The van der Waals surface area contributed by atoms with Crippen LogP contribution in [0.4, 0.5) is 0 Å². The van der Waals surface area contributed by atoms with E-state index in [9.17, 15) is 13.2 Å². The topological polar surface area (TPSA) is 79.4 Å². The number of halogens is 1. The summed E-state index contributed by atoms with van der Waals surface area (Å²) < 4.78 is 27.2. The maximum absolute atomic E-state index is 12.6. The van der Waals surface area contributed by atoms with Crippen molar-refractivity contribution in [3.63, 3.8) is 0 Å². The molecule has 1 fully saturated rings. The third kappa shape index (κ3) is 4.56. The molecule has 0 spiro atoms. The van der Waals surface area contributed by atoms with Crippen molar-refractivity contribution in [2.45, 2.75) is 30.3 Å². The molecular formula is C17H18ClN3O3S. The number of sulfonamides is 1. The third-order valence-electron chi connectivity index (χ3n) is 3.85. The molecule has 6 nitrogen and oxygen atoms in total. The van der Waals surface area contributed by atoms with Crippen molar-refractivity contribution in [1.82, 2.24) is 14.6 Å². The summed E-state index contributed by atoms with van der Waals surface area (Å²) in [5, 5.41) is 0.388. The number of benzene rings is 1. The third-order valence-corrected chi connectivity index (χ3v) is 5.59. The zero-order chi connectivity index (χ0) is 18.0. The number of nitrogens with zero attached hydrogens (tertiary/aromatic N) is 2. The molecule has 132 valence electrons. The van der Waals surface area contributed by atoms with Gasteiger partial charge in [-0.05, 0) is 42.7 Å². The van der Waals surface area contributed by atoms with Gasteiger partial charge in [-0.1, -0.05) is 23.7 Å². The second kappa shape index (κ2) is 7.11. The minimum atomic E-state index is -3.59. The number of hydrogen-bond donors (Lipinski definition) is 1. The Labute approximate surface area is 151 Å². The number of amides is 1. The molecule has 1 N–H and O–H groups in total.